The number of hydrogen-bond acceptors (Lipinski definition) is 0. The van der Waals surface area contributed by atoms with Crippen LogP contribution in [0.1, 0.15) is 294 Å². The topological polar surface area (TPSA) is 0 Å². The van der Waals surface area contributed by atoms with Crippen LogP contribution in [0, 0.1) is 30.1 Å². The SMILES string of the molecule is CCCCCCCCCc1cc(CC(C)(C2CC[CH]CC2)C2CC[CH]CC2)c(CCCCCCCCC)c(CCCCCCCCC)c1CCCCCCCCC. The van der Waals surface area contributed by atoms with Crippen molar-refractivity contribution in [2.45, 2.75) is 298 Å². The van der Waals surface area contributed by atoms with E-state index >= 15 is 0 Å². The average Bonchev–Trinajstić information content (AvgIpc) is 3.24. The Morgan fingerprint density at radius 3 is 1.04 bits per heavy atom. The molecule has 57 heavy (non-hydrogen) atoms. The predicted octanol–water partition coefficient (Wildman–Crippen LogP) is 19.2. The molecule has 0 bridgehead atoms. The molecule has 2 radical (unpaired) electrons. The van der Waals surface area contributed by atoms with Crippen molar-refractivity contribution in [2.24, 2.45) is 17.3 Å². The molecule has 0 aromatic heterocycles. The molecule has 0 nitrogen and oxygen atoms in total. The van der Waals surface area contributed by atoms with Gasteiger partial charge in [-0.3, -0.25) is 0 Å². The normalized spacial score (nSPS) is 15.9. The van der Waals surface area contributed by atoms with E-state index in [-0.39, 0.29) is 0 Å². The van der Waals surface area contributed by atoms with Crippen LogP contribution >= 0.6 is 0 Å². The number of hydrogen-bond donors (Lipinski definition) is 0. The smallest absolute Gasteiger partial charge is 0.0216 e. The summed E-state index contributed by atoms with van der Waals surface area (Å²) >= 11 is 0. The van der Waals surface area contributed by atoms with E-state index in [4.69, 9.17) is 0 Å². The van der Waals surface area contributed by atoms with Gasteiger partial charge in [0.2, 0.25) is 0 Å². The van der Waals surface area contributed by atoms with Gasteiger partial charge in [0.05, 0.1) is 0 Å². The second kappa shape index (κ2) is 32.9. The van der Waals surface area contributed by atoms with E-state index in [1.54, 1.807) is 0 Å². The summed E-state index contributed by atoms with van der Waals surface area (Å²) in [6.45, 7) is 12.3. The van der Waals surface area contributed by atoms with Crippen LogP contribution in [0.3, 0.4) is 0 Å². The minimum atomic E-state index is 0.435. The van der Waals surface area contributed by atoms with Crippen LogP contribution < -0.4 is 0 Å². The van der Waals surface area contributed by atoms with Crippen LogP contribution in [0.4, 0.5) is 0 Å². The van der Waals surface area contributed by atoms with Gasteiger partial charge in [0.25, 0.3) is 0 Å². The van der Waals surface area contributed by atoms with Gasteiger partial charge >= 0.3 is 0 Å². The predicted molar refractivity (Wildman–Crippen MR) is 258 cm³/mol. The van der Waals surface area contributed by atoms with Crippen molar-refractivity contribution < 1.29 is 0 Å². The molecular formula is C57H102. The summed E-state index contributed by atoms with van der Waals surface area (Å²) in [4.78, 5) is 0. The molecule has 0 amide bonds. The van der Waals surface area contributed by atoms with Crippen molar-refractivity contribution in [3.8, 4) is 0 Å². The van der Waals surface area contributed by atoms with Crippen molar-refractivity contribution in [3.63, 3.8) is 0 Å². The van der Waals surface area contributed by atoms with E-state index in [0.717, 1.165) is 11.8 Å². The minimum Gasteiger partial charge on any atom is -0.0654 e. The summed E-state index contributed by atoms with van der Waals surface area (Å²) in [5.41, 5.74) is 9.79. The molecule has 2 aliphatic carbocycles. The molecule has 2 saturated carbocycles. The lowest BCUT2D eigenvalue weighted by Crippen LogP contribution is -2.40. The Kier molecular flexibility index (Phi) is 29.2. The highest BCUT2D eigenvalue weighted by Gasteiger charge is 2.42. The van der Waals surface area contributed by atoms with Crippen LogP contribution in [0.2, 0.25) is 0 Å². The maximum Gasteiger partial charge on any atom is -0.0216 e. The van der Waals surface area contributed by atoms with Crippen molar-refractivity contribution in [2.75, 3.05) is 0 Å². The van der Waals surface area contributed by atoms with Crippen LogP contribution in [-0.2, 0) is 32.1 Å². The van der Waals surface area contributed by atoms with Crippen LogP contribution in [0.5, 0.6) is 0 Å². The standard InChI is InChI=1S/C57H102/c1-6-10-14-18-22-26-32-40-50-48-51(49-57(5,52-41-33-30-34-42-52)53-43-35-31-36-44-53)55(46-38-28-24-20-16-12-8-3)56(47-39-29-25-21-17-13-9-4)54(50)45-37-27-23-19-15-11-7-2/h30-31,48,52-53H,6-29,32-47,49H2,1-5H3. The molecule has 0 N–H and O–H groups in total. The number of unbranched alkanes of at least 4 members (excludes halogenated alkanes) is 24. The molecule has 2 aliphatic rings. The quantitative estimate of drug-likeness (QED) is 0.0594. The van der Waals surface area contributed by atoms with Gasteiger partial charge in [0.15, 0.2) is 0 Å². The largest absolute Gasteiger partial charge is 0.0654 e. The van der Waals surface area contributed by atoms with E-state index < -0.39 is 0 Å². The van der Waals surface area contributed by atoms with E-state index in [1.807, 2.05) is 27.8 Å². The first-order valence-corrected chi connectivity index (χ1v) is 26.9. The van der Waals surface area contributed by atoms with Crippen molar-refractivity contribution in [1.82, 2.24) is 0 Å². The Morgan fingerprint density at radius 1 is 0.368 bits per heavy atom. The molecule has 0 saturated heterocycles. The van der Waals surface area contributed by atoms with E-state index in [2.05, 4.69) is 53.5 Å². The van der Waals surface area contributed by atoms with Crippen LogP contribution in [-0.4, -0.2) is 0 Å². The Balaban J connectivity index is 2.03. The third-order valence-corrected chi connectivity index (χ3v) is 15.3. The molecule has 1 aromatic rings. The highest BCUT2D eigenvalue weighted by Crippen LogP contribution is 2.51. The number of aryl methyl sites for hydroxylation is 1. The summed E-state index contributed by atoms with van der Waals surface area (Å²) in [5, 5.41) is 0. The molecule has 0 spiro atoms. The van der Waals surface area contributed by atoms with Gasteiger partial charge in [-0.2, -0.15) is 0 Å². The molecule has 3 rings (SSSR count). The monoisotopic (exact) mass is 787 g/mol. The first-order valence-electron chi connectivity index (χ1n) is 26.9. The zero-order valence-corrected chi connectivity index (χ0v) is 39.9. The minimum absolute atomic E-state index is 0.435. The number of rotatable bonds is 36. The van der Waals surface area contributed by atoms with Gasteiger partial charge in [-0.15, -0.1) is 0 Å². The van der Waals surface area contributed by atoms with Gasteiger partial charge in [-0.25, -0.2) is 0 Å². The summed E-state index contributed by atoms with van der Waals surface area (Å²) in [5.74, 6) is 1.78. The Hall–Kier alpha value is -0.780. The maximum atomic E-state index is 2.93. The molecular weight excluding hydrogens is 685 g/mol. The van der Waals surface area contributed by atoms with Crippen molar-refractivity contribution in [1.29, 1.82) is 0 Å². The first-order chi connectivity index (χ1) is 28.1. The van der Waals surface area contributed by atoms with Crippen LogP contribution in [0.25, 0.3) is 0 Å². The fourth-order valence-corrected chi connectivity index (χ4v) is 11.5. The molecule has 0 aliphatic heterocycles. The molecule has 1 aromatic carbocycles. The highest BCUT2D eigenvalue weighted by atomic mass is 14.5. The molecule has 330 valence electrons. The van der Waals surface area contributed by atoms with Gasteiger partial charge in [0, 0.05) is 0 Å². The lowest BCUT2D eigenvalue weighted by Gasteiger charge is -2.48. The van der Waals surface area contributed by atoms with E-state index in [1.165, 1.54) is 263 Å². The summed E-state index contributed by atoms with van der Waals surface area (Å²) in [6.07, 6.45) is 63.0. The highest BCUT2D eigenvalue weighted by molar-refractivity contribution is 5.48. The molecule has 0 unspecified atom stereocenters. The first kappa shape index (κ1) is 50.6. The zero-order chi connectivity index (χ0) is 40.7. The van der Waals surface area contributed by atoms with Gasteiger partial charge < -0.3 is 0 Å². The van der Waals surface area contributed by atoms with E-state index in [0.29, 0.717) is 5.41 Å². The second-order valence-corrected chi connectivity index (χ2v) is 20.1. The average molecular weight is 787 g/mol. The number of benzene rings is 1. The Labute approximate surface area is 360 Å². The summed E-state index contributed by atoms with van der Waals surface area (Å²) in [6, 6.07) is 2.93. The molecule has 0 heteroatoms. The van der Waals surface area contributed by atoms with Crippen molar-refractivity contribution >= 4 is 0 Å². The van der Waals surface area contributed by atoms with Crippen molar-refractivity contribution in [3.05, 3.63) is 46.7 Å². The lowest BCUT2D eigenvalue weighted by atomic mass is 9.57. The fourth-order valence-electron chi connectivity index (χ4n) is 11.5. The molecule has 2 fully saturated rings. The van der Waals surface area contributed by atoms with Gasteiger partial charge in [0.1, 0.15) is 0 Å². The summed E-state index contributed by atoms with van der Waals surface area (Å²) < 4.78 is 0. The Morgan fingerprint density at radius 2 is 0.667 bits per heavy atom. The zero-order valence-electron chi connectivity index (χ0n) is 39.9. The van der Waals surface area contributed by atoms with E-state index in [9.17, 15) is 0 Å². The second-order valence-electron chi connectivity index (χ2n) is 20.1. The lowest BCUT2D eigenvalue weighted by molar-refractivity contribution is 0.0515. The maximum absolute atomic E-state index is 2.93. The molecule has 0 atom stereocenters. The fraction of sp³-hybridized carbons (Fsp3) is 0.860. The Bertz CT molecular complexity index is 1050. The summed E-state index contributed by atoms with van der Waals surface area (Å²) in [7, 11) is 0. The third-order valence-electron chi connectivity index (χ3n) is 15.3. The van der Waals surface area contributed by atoms with Gasteiger partial charge in [-0.1, -0.05) is 195 Å². The van der Waals surface area contributed by atoms with Crippen LogP contribution in [0.15, 0.2) is 6.07 Å². The van der Waals surface area contributed by atoms with Gasteiger partial charge in [-0.05, 0) is 167 Å². The third kappa shape index (κ3) is 20.1. The molecule has 0 heterocycles.